The summed E-state index contributed by atoms with van der Waals surface area (Å²) in [6, 6.07) is 10.6. The minimum absolute atomic E-state index is 0.0957. The van der Waals surface area contributed by atoms with E-state index in [0.717, 1.165) is 5.75 Å². The van der Waals surface area contributed by atoms with E-state index in [1.54, 1.807) is 54.2 Å². The van der Waals surface area contributed by atoms with Crippen LogP contribution in [0.4, 0.5) is 5.69 Å². The number of fused-ring (bicyclic) bond motifs is 1. The minimum Gasteiger partial charge on any atom is -0.497 e. The predicted molar refractivity (Wildman–Crippen MR) is 80.1 cm³/mol. The smallest absolute Gasteiger partial charge is 0.262 e. The third-order valence-electron chi connectivity index (χ3n) is 3.01. The van der Waals surface area contributed by atoms with Crippen molar-refractivity contribution in [2.75, 3.05) is 19.0 Å². The lowest BCUT2D eigenvalue weighted by Gasteiger charge is -2.08. The second-order valence-corrected chi connectivity index (χ2v) is 4.46. The van der Waals surface area contributed by atoms with Gasteiger partial charge in [0, 0.05) is 6.20 Å². The van der Waals surface area contributed by atoms with Crippen LogP contribution in [0.25, 0.3) is 5.65 Å². The first-order valence-electron chi connectivity index (χ1n) is 6.61. The predicted octanol–water partition coefficient (Wildman–Crippen LogP) is 1.76. The van der Waals surface area contributed by atoms with Gasteiger partial charge < -0.3 is 14.8 Å². The van der Waals surface area contributed by atoms with Crippen molar-refractivity contribution in [3.05, 3.63) is 48.9 Å². The van der Waals surface area contributed by atoms with E-state index in [9.17, 15) is 4.79 Å². The minimum atomic E-state index is -0.271. The summed E-state index contributed by atoms with van der Waals surface area (Å²) in [7, 11) is 1.59. The molecule has 0 fully saturated rings. The van der Waals surface area contributed by atoms with E-state index in [1.807, 2.05) is 0 Å². The van der Waals surface area contributed by atoms with Crippen molar-refractivity contribution in [2.45, 2.75) is 0 Å². The number of hydrogen-bond donors (Lipinski definition) is 1. The quantitative estimate of drug-likeness (QED) is 0.776. The molecule has 0 saturated carbocycles. The summed E-state index contributed by atoms with van der Waals surface area (Å²) in [4.78, 5) is 16.0. The molecular weight excluding hydrogens is 284 g/mol. The van der Waals surface area contributed by atoms with Crippen LogP contribution in [-0.2, 0) is 4.79 Å². The number of carbonyl (C=O) groups excluding carboxylic acids is 1. The fourth-order valence-electron chi connectivity index (χ4n) is 1.95. The number of nitrogens with one attached hydrogen (secondary N) is 1. The Hall–Kier alpha value is -3.09. The Balaban J connectivity index is 1.61. The molecule has 2 heterocycles. The zero-order valence-electron chi connectivity index (χ0n) is 11.9. The number of amides is 1. The Bertz CT molecular complexity index is 783. The normalized spacial score (nSPS) is 10.4. The molecule has 1 amide bonds. The van der Waals surface area contributed by atoms with Crippen LogP contribution in [0.5, 0.6) is 11.5 Å². The topological polar surface area (TPSA) is 77.8 Å². The lowest BCUT2D eigenvalue weighted by molar-refractivity contribution is -0.118. The second kappa shape index (κ2) is 6.13. The third kappa shape index (κ3) is 2.98. The first kappa shape index (κ1) is 13.9. The highest BCUT2D eigenvalue weighted by molar-refractivity contribution is 5.95. The number of methoxy groups -OCH3 is 1. The third-order valence-corrected chi connectivity index (χ3v) is 3.01. The summed E-state index contributed by atoms with van der Waals surface area (Å²) in [6.45, 7) is -0.0957. The van der Waals surface area contributed by atoms with Gasteiger partial charge in [-0.1, -0.05) is 0 Å². The molecule has 1 aromatic carbocycles. The summed E-state index contributed by atoms with van der Waals surface area (Å²) < 4.78 is 12.1. The van der Waals surface area contributed by atoms with Crippen molar-refractivity contribution in [3.8, 4) is 11.5 Å². The van der Waals surface area contributed by atoms with E-state index in [4.69, 9.17) is 9.47 Å². The molecule has 0 saturated heterocycles. The molecule has 0 aliphatic carbocycles. The Labute approximate surface area is 126 Å². The van der Waals surface area contributed by atoms with Crippen LogP contribution in [0, 0.1) is 0 Å². The highest BCUT2D eigenvalue weighted by Crippen LogP contribution is 2.17. The van der Waals surface area contributed by atoms with E-state index >= 15 is 0 Å². The van der Waals surface area contributed by atoms with Crippen molar-refractivity contribution >= 4 is 17.2 Å². The standard InChI is InChI=1S/C15H14N4O3/c1-21-11-4-6-12(7-5-11)22-9-14(20)18-13-3-2-8-19-15(13)16-10-17-19/h2-8,10H,9H2,1H3,(H,18,20). The Morgan fingerprint density at radius 2 is 2.00 bits per heavy atom. The van der Waals surface area contributed by atoms with Crippen LogP contribution in [-0.4, -0.2) is 34.2 Å². The highest BCUT2D eigenvalue weighted by Gasteiger charge is 2.08. The van der Waals surface area contributed by atoms with Gasteiger partial charge in [0.25, 0.3) is 5.91 Å². The average Bonchev–Trinajstić information content (AvgIpc) is 3.03. The molecule has 3 aromatic rings. The van der Waals surface area contributed by atoms with E-state index in [2.05, 4.69) is 15.4 Å². The van der Waals surface area contributed by atoms with Crippen LogP contribution < -0.4 is 14.8 Å². The lowest BCUT2D eigenvalue weighted by atomic mass is 10.3. The largest absolute Gasteiger partial charge is 0.497 e. The number of hydrogen-bond acceptors (Lipinski definition) is 5. The van der Waals surface area contributed by atoms with Crippen LogP contribution >= 0.6 is 0 Å². The van der Waals surface area contributed by atoms with Gasteiger partial charge in [-0.2, -0.15) is 5.10 Å². The summed E-state index contributed by atoms with van der Waals surface area (Å²) in [5, 5.41) is 6.76. The van der Waals surface area contributed by atoms with Gasteiger partial charge in [-0.05, 0) is 36.4 Å². The maximum atomic E-state index is 12.0. The van der Waals surface area contributed by atoms with Crippen LogP contribution in [0.15, 0.2) is 48.9 Å². The molecule has 2 aromatic heterocycles. The maximum Gasteiger partial charge on any atom is 0.262 e. The van der Waals surface area contributed by atoms with Crippen molar-refractivity contribution in [2.24, 2.45) is 0 Å². The number of nitrogens with zero attached hydrogens (tertiary/aromatic N) is 3. The van der Waals surface area contributed by atoms with Crippen LogP contribution in [0.2, 0.25) is 0 Å². The number of ether oxygens (including phenoxy) is 2. The average molecular weight is 298 g/mol. The molecule has 0 atom stereocenters. The van der Waals surface area contributed by atoms with Gasteiger partial charge >= 0.3 is 0 Å². The fourth-order valence-corrected chi connectivity index (χ4v) is 1.95. The SMILES string of the molecule is COc1ccc(OCC(=O)Nc2cccn3ncnc23)cc1. The van der Waals surface area contributed by atoms with E-state index in [1.165, 1.54) is 6.33 Å². The number of benzene rings is 1. The van der Waals surface area contributed by atoms with Gasteiger partial charge in [0.15, 0.2) is 12.3 Å². The molecule has 22 heavy (non-hydrogen) atoms. The Morgan fingerprint density at radius 3 is 2.77 bits per heavy atom. The molecule has 0 radical (unpaired) electrons. The first-order chi connectivity index (χ1) is 10.8. The molecule has 0 aliphatic rings. The van der Waals surface area contributed by atoms with Gasteiger partial charge in [0.05, 0.1) is 12.8 Å². The maximum absolute atomic E-state index is 12.0. The number of rotatable bonds is 5. The molecular formula is C15H14N4O3. The number of aromatic nitrogens is 3. The molecule has 7 nitrogen and oxygen atoms in total. The van der Waals surface area contributed by atoms with Crippen molar-refractivity contribution in [1.29, 1.82) is 0 Å². The van der Waals surface area contributed by atoms with E-state index in [0.29, 0.717) is 17.1 Å². The molecule has 1 N–H and O–H groups in total. The molecule has 112 valence electrons. The summed E-state index contributed by atoms with van der Waals surface area (Å²) in [5.41, 5.74) is 1.17. The monoisotopic (exact) mass is 298 g/mol. The van der Waals surface area contributed by atoms with Gasteiger partial charge in [0.2, 0.25) is 0 Å². The Kier molecular flexibility index (Phi) is 3.86. The van der Waals surface area contributed by atoms with Crippen molar-refractivity contribution < 1.29 is 14.3 Å². The molecule has 7 heteroatoms. The molecule has 0 aliphatic heterocycles. The Morgan fingerprint density at radius 1 is 1.23 bits per heavy atom. The highest BCUT2D eigenvalue weighted by atomic mass is 16.5. The van der Waals surface area contributed by atoms with Gasteiger partial charge in [-0.15, -0.1) is 0 Å². The summed E-state index contributed by atoms with van der Waals surface area (Å²) >= 11 is 0. The number of anilines is 1. The molecule has 0 spiro atoms. The zero-order valence-corrected chi connectivity index (χ0v) is 11.9. The summed E-state index contributed by atoms with van der Waals surface area (Å²) in [5.74, 6) is 1.05. The van der Waals surface area contributed by atoms with Crippen LogP contribution in [0.1, 0.15) is 0 Å². The van der Waals surface area contributed by atoms with Crippen LogP contribution in [0.3, 0.4) is 0 Å². The van der Waals surface area contributed by atoms with Gasteiger partial charge in [-0.3, -0.25) is 4.79 Å². The lowest BCUT2D eigenvalue weighted by Crippen LogP contribution is -2.20. The van der Waals surface area contributed by atoms with E-state index < -0.39 is 0 Å². The molecule has 3 rings (SSSR count). The van der Waals surface area contributed by atoms with Gasteiger partial charge in [0.1, 0.15) is 17.8 Å². The van der Waals surface area contributed by atoms with Crippen molar-refractivity contribution in [1.82, 2.24) is 14.6 Å². The van der Waals surface area contributed by atoms with E-state index in [-0.39, 0.29) is 12.5 Å². The summed E-state index contributed by atoms with van der Waals surface area (Å²) in [6.07, 6.45) is 3.19. The number of carbonyl (C=O) groups is 1. The zero-order chi connectivity index (χ0) is 15.4. The first-order valence-corrected chi connectivity index (χ1v) is 6.61. The number of pyridine rings is 1. The molecule has 0 bridgehead atoms. The molecule has 0 unspecified atom stereocenters. The van der Waals surface area contributed by atoms with Crippen molar-refractivity contribution in [3.63, 3.8) is 0 Å². The fraction of sp³-hybridized carbons (Fsp3) is 0.133. The van der Waals surface area contributed by atoms with Gasteiger partial charge in [-0.25, -0.2) is 9.50 Å². The second-order valence-electron chi connectivity index (χ2n) is 4.46.